The Labute approximate surface area is 314 Å². The van der Waals surface area contributed by atoms with Crippen LogP contribution in [0, 0.1) is 29.5 Å². The number of carbonyl (C=O) groups excluding carboxylic acids is 4. The number of halogens is 6. The predicted molar refractivity (Wildman–Crippen MR) is 188 cm³/mol. The van der Waals surface area contributed by atoms with Gasteiger partial charge in [-0.05, 0) is 103 Å². The van der Waals surface area contributed by atoms with Crippen molar-refractivity contribution in [2.24, 2.45) is 23.7 Å². The molecule has 6 atom stereocenters. The number of ether oxygens (including phenoxy) is 1. The monoisotopic (exact) mass is 779 g/mol. The van der Waals surface area contributed by atoms with Gasteiger partial charge in [-0.25, -0.2) is 4.39 Å². The topological polar surface area (TPSA) is 116 Å². The third kappa shape index (κ3) is 5.60. The number of hydrazine groups is 1. The minimum absolute atomic E-state index is 0.0161. The van der Waals surface area contributed by atoms with Gasteiger partial charge >= 0.3 is 6.36 Å². The number of fused-ring (bicyclic) bond motifs is 4. The molecule has 4 amide bonds. The van der Waals surface area contributed by atoms with Crippen LogP contribution in [0.2, 0.25) is 10.0 Å². The average Bonchev–Trinajstić information content (AvgIpc) is 3.51. The molecule has 2 aliphatic carbocycles. The van der Waals surface area contributed by atoms with Crippen LogP contribution in [0.3, 0.4) is 0 Å². The van der Waals surface area contributed by atoms with Crippen LogP contribution < -0.4 is 15.1 Å². The van der Waals surface area contributed by atoms with E-state index in [2.05, 4.69) is 10.2 Å². The Bertz CT molecular complexity index is 2250. The van der Waals surface area contributed by atoms with E-state index in [1.54, 1.807) is 6.08 Å². The SMILES string of the molecule is O=C1[C@@H]2C[C@@H]3C(=CC[C@@H]4C(=O)N(c5ccc(Cl)cc5)C(=O)[C@@H]43)[C@H](c3cc(OC(F)(F)F)ccc3O)[C@]2(c2ccc(Cl)cc2)C(=O)N1Nc1ccc(F)cc1. The summed E-state index contributed by atoms with van der Waals surface area (Å²) in [5.41, 5.74) is 1.75. The van der Waals surface area contributed by atoms with E-state index in [1.807, 2.05) is 0 Å². The molecule has 54 heavy (non-hydrogen) atoms. The number of rotatable bonds is 6. The fourth-order valence-electron chi connectivity index (χ4n) is 8.81. The molecule has 0 bridgehead atoms. The summed E-state index contributed by atoms with van der Waals surface area (Å²) in [4.78, 5) is 59.3. The summed E-state index contributed by atoms with van der Waals surface area (Å²) in [6, 6.07) is 19.9. The number of hydrogen-bond donors (Lipinski definition) is 2. The van der Waals surface area contributed by atoms with Crippen molar-refractivity contribution in [2.45, 2.75) is 30.5 Å². The molecule has 3 fully saturated rings. The van der Waals surface area contributed by atoms with Crippen molar-refractivity contribution in [3.8, 4) is 11.5 Å². The van der Waals surface area contributed by atoms with Gasteiger partial charge in [-0.15, -0.1) is 13.2 Å². The largest absolute Gasteiger partial charge is 0.573 e. The molecule has 2 N–H and O–H groups in total. The maximum atomic E-state index is 15.2. The first-order valence-electron chi connectivity index (χ1n) is 16.8. The van der Waals surface area contributed by atoms with Crippen LogP contribution in [-0.4, -0.2) is 40.1 Å². The van der Waals surface area contributed by atoms with E-state index in [0.717, 1.165) is 40.2 Å². The van der Waals surface area contributed by atoms with Crippen LogP contribution in [0.4, 0.5) is 28.9 Å². The molecule has 2 aliphatic heterocycles. The highest BCUT2D eigenvalue weighted by Crippen LogP contribution is 2.65. The van der Waals surface area contributed by atoms with Crippen molar-refractivity contribution < 1.29 is 46.6 Å². The number of nitrogens with one attached hydrogen (secondary N) is 1. The van der Waals surface area contributed by atoms with Gasteiger partial charge in [0.1, 0.15) is 17.3 Å². The lowest BCUT2D eigenvalue weighted by Crippen LogP contribution is -2.53. The van der Waals surface area contributed by atoms with Crippen LogP contribution in [0.15, 0.2) is 103 Å². The van der Waals surface area contributed by atoms with E-state index < -0.39 is 82.3 Å². The highest BCUT2D eigenvalue weighted by atomic mass is 35.5. The maximum absolute atomic E-state index is 15.2. The minimum atomic E-state index is -5.12. The average molecular weight is 781 g/mol. The number of hydrogen-bond acceptors (Lipinski definition) is 7. The van der Waals surface area contributed by atoms with Gasteiger partial charge in [0.2, 0.25) is 11.8 Å². The summed E-state index contributed by atoms with van der Waals surface area (Å²) < 4.78 is 58.8. The van der Waals surface area contributed by atoms with Crippen LogP contribution in [0.1, 0.15) is 29.9 Å². The number of amides is 4. The molecular formula is C39H27Cl2F4N3O6. The van der Waals surface area contributed by atoms with Crippen molar-refractivity contribution in [2.75, 3.05) is 10.3 Å². The predicted octanol–water partition coefficient (Wildman–Crippen LogP) is 7.93. The second-order valence-electron chi connectivity index (χ2n) is 13.6. The second kappa shape index (κ2) is 12.9. The maximum Gasteiger partial charge on any atom is 0.573 e. The summed E-state index contributed by atoms with van der Waals surface area (Å²) in [5, 5.41) is 12.9. The number of allylic oxidation sites excluding steroid dienone is 2. The van der Waals surface area contributed by atoms with Crippen LogP contribution in [-0.2, 0) is 24.6 Å². The third-order valence-electron chi connectivity index (χ3n) is 10.9. The molecule has 0 spiro atoms. The Morgan fingerprint density at radius 2 is 1.46 bits per heavy atom. The van der Waals surface area contributed by atoms with Crippen molar-refractivity contribution in [3.05, 3.63) is 130 Å². The highest BCUT2D eigenvalue weighted by molar-refractivity contribution is 6.31. The number of carbonyl (C=O) groups is 4. The first-order valence-corrected chi connectivity index (χ1v) is 17.5. The molecule has 4 aliphatic rings. The lowest BCUT2D eigenvalue weighted by molar-refractivity contribution is -0.274. The molecule has 276 valence electrons. The molecule has 4 aromatic carbocycles. The Balaban J connectivity index is 1.35. The summed E-state index contributed by atoms with van der Waals surface area (Å²) in [6.07, 6.45) is -3.55. The van der Waals surface area contributed by atoms with E-state index in [-0.39, 0.29) is 40.4 Å². The van der Waals surface area contributed by atoms with Gasteiger partial charge in [0.15, 0.2) is 0 Å². The number of phenols is 1. The fourth-order valence-corrected chi connectivity index (χ4v) is 9.06. The van der Waals surface area contributed by atoms with Gasteiger partial charge in [0.25, 0.3) is 11.8 Å². The number of anilines is 2. The lowest BCUT2D eigenvalue weighted by Gasteiger charge is -2.50. The molecular weight excluding hydrogens is 753 g/mol. The van der Waals surface area contributed by atoms with E-state index in [1.165, 1.54) is 60.7 Å². The van der Waals surface area contributed by atoms with E-state index in [9.17, 15) is 37.1 Å². The first kappa shape index (κ1) is 35.6. The number of aromatic hydroxyl groups is 1. The molecule has 1 saturated carbocycles. The number of phenolic OH excluding ortho intramolecular Hbond substituents is 1. The van der Waals surface area contributed by atoms with Crippen molar-refractivity contribution in [1.82, 2.24) is 5.01 Å². The van der Waals surface area contributed by atoms with Crippen molar-refractivity contribution in [1.29, 1.82) is 0 Å². The summed E-state index contributed by atoms with van der Waals surface area (Å²) >= 11 is 12.4. The molecule has 15 heteroatoms. The first-order chi connectivity index (χ1) is 25.7. The lowest BCUT2D eigenvalue weighted by atomic mass is 9.49. The molecule has 0 radical (unpaired) electrons. The Kier molecular flexibility index (Phi) is 8.49. The Hall–Kier alpha value is -5.40. The zero-order valence-electron chi connectivity index (χ0n) is 27.7. The summed E-state index contributed by atoms with van der Waals surface area (Å²) in [6.45, 7) is 0. The summed E-state index contributed by atoms with van der Waals surface area (Å²) in [7, 11) is 0. The summed E-state index contributed by atoms with van der Waals surface area (Å²) in [5.74, 6) is -9.85. The molecule has 9 nitrogen and oxygen atoms in total. The number of alkyl halides is 3. The van der Waals surface area contributed by atoms with Crippen molar-refractivity contribution in [3.63, 3.8) is 0 Å². The van der Waals surface area contributed by atoms with Gasteiger partial charge in [0.05, 0.1) is 34.5 Å². The molecule has 2 saturated heterocycles. The van der Waals surface area contributed by atoms with Gasteiger partial charge in [0, 0.05) is 21.5 Å². The quantitative estimate of drug-likeness (QED) is 0.116. The van der Waals surface area contributed by atoms with Crippen LogP contribution in [0.5, 0.6) is 11.5 Å². The number of benzene rings is 4. The van der Waals surface area contributed by atoms with Gasteiger partial charge < -0.3 is 9.84 Å². The smallest absolute Gasteiger partial charge is 0.508 e. The normalized spacial score (nSPS) is 26.3. The Morgan fingerprint density at radius 1 is 0.815 bits per heavy atom. The fraction of sp³-hybridized carbons (Fsp3) is 0.231. The molecule has 0 aromatic heterocycles. The zero-order chi connectivity index (χ0) is 38.3. The number of nitrogens with zero attached hydrogens (tertiary/aromatic N) is 2. The van der Waals surface area contributed by atoms with Gasteiger partial charge in [-0.1, -0.05) is 47.0 Å². The van der Waals surface area contributed by atoms with Crippen molar-refractivity contribution >= 4 is 58.2 Å². The second-order valence-corrected chi connectivity index (χ2v) is 14.5. The number of imide groups is 2. The van der Waals surface area contributed by atoms with E-state index >= 15 is 4.79 Å². The Morgan fingerprint density at radius 3 is 2.11 bits per heavy atom. The third-order valence-corrected chi connectivity index (χ3v) is 11.4. The van der Waals surface area contributed by atoms with E-state index in [0.29, 0.717) is 10.6 Å². The van der Waals surface area contributed by atoms with E-state index in [4.69, 9.17) is 23.2 Å². The zero-order valence-corrected chi connectivity index (χ0v) is 29.2. The molecule has 4 aromatic rings. The van der Waals surface area contributed by atoms with Gasteiger partial charge in [-0.2, -0.15) is 5.01 Å². The minimum Gasteiger partial charge on any atom is -0.508 e. The molecule has 8 rings (SSSR count). The standard InChI is InChI=1S/C39H27Cl2F4N3O6/c40-20-3-1-19(2-4-20)38-30(35(51)48(37(38)53)46-23-9-7-22(42)8-10-23)18-28-26(33(38)29-17-25(13-16-31(29)49)54-39(43,44)45)14-15-27-32(28)36(52)47(34(27)50)24-11-5-21(41)6-12-24/h1-14,16-17,27-28,30,32-33,46,49H,15,18H2/t27-,28+,30-,32-,33+,38+/m0/s1. The van der Waals surface area contributed by atoms with Crippen LogP contribution >= 0.6 is 23.2 Å². The van der Waals surface area contributed by atoms with Crippen LogP contribution in [0.25, 0.3) is 0 Å². The van der Waals surface area contributed by atoms with Gasteiger partial charge in [-0.3, -0.25) is 29.5 Å². The molecule has 2 heterocycles. The molecule has 0 unspecified atom stereocenters. The highest BCUT2D eigenvalue weighted by Gasteiger charge is 2.70.